The molecular weight excluding hydrogens is 118 g/mol. The van der Waals surface area contributed by atoms with Gasteiger partial charge >= 0.3 is 0 Å². The predicted molar refractivity (Wildman–Crippen MR) is 30.8 cm³/mol. The van der Waals surface area contributed by atoms with Gasteiger partial charge < -0.3 is 0 Å². The van der Waals surface area contributed by atoms with Crippen molar-refractivity contribution in [2.24, 2.45) is 0 Å². The maximum atomic E-state index is 4.33. The molecule has 0 amide bonds. The fourth-order valence-corrected chi connectivity index (χ4v) is 0.510. The van der Waals surface area contributed by atoms with Gasteiger partial charge in [-0.05, 0) is 11.6 Å². The first-order valence-corrected chi connectivity index (χ1v) is 2.99. The first-order chi connectivity index (χ1) is 4.34. The molecule has 0 N–H and O–H groups in total. The highest BCUT2D eigenvalue weighted by atomic mass is 16.6. The van der Waals surface area contributed by atoms with E-state index in [0.29, 0.717) is 11.7 Å². The lowest BCUT2D eigenvalue weighted by Gasteiger charge is -1.96. The molecule has 4 nitrogen and oxygen atoms in total. The van der Waals surface area contributed by atoms with E-state index in [9.17, 15) is 0 Å². The number of aromatic nitrogens is 3. The number of hydrogen-bond donors (Lipinski definition) is 0. The molecule has 1 atom stereocenters. The summed E-state index contributed by atoms with van der Waals surface area (Å²) in [6.45, 7) is 4.10. The molecule has 9 heavy (non-hydrogen) atoms. The molecule has 0 fully saturated rings. The minimum absolute atomic E-state index is 0.358. The Hall–Kier alpha value is -0.930. The molecule has 1 heterocycles. The van der Waals surface area contributed by atoms with Crippen LogP contribution in [0.3, 0.4) is 0 Å². The van der Waals surface area contributed by atoms with Crippen molar-refractivity contribution in [2.75, 3.05) is 0 Å². The largest absolute Gasteiger partial charge is 0.222 e. The standard InChI is InChI=1S/C5H9N3O/c1-3-4(2)5-6-8-9-7-5/h4H,3H2,1-2H3. The molecule has 50 valence electrons. The molecule has 0 saturated carbocycles. The van der Waals surface area contributed by atoms with Gasteiger partial charge in [0, 0.05) is 5.92 Å². The average Bonchev–Trinajstić information content (AvgIpc) is 2.37. The lowest BCUT2D eigenvalue weighted by Crippen LogP contribution is -1.93. The molecule has 0 aromatic carbocycles. The van der Waals surface area contributed by atoms with Crippen molar-refractivity contribution < 1.29 is 4.63 Å². The highest BCUT2D eigenvalue weighted by Gasteiger charge is 2.07. The second-order valence-corrected chi connectivity index (χ2v) is 2.02. The van der Waals surface area contributed by atoms with Crippen molar-refractivity contribution in [3.8, 4) is 0 Å². The highest BCUT2D eigenvalue weighted by molar-refractivity contribution is 4.84. The van der Waals surface area contributed by atoms with E-state index in [2.05, 4.69) is 27.1 Å². The fraction of sp³-hybridized carbons (Fsp3) is 0.800. The zero-order valence-electron chi connectivity index (χ0n) is 5.53. The summed E-state index contributed by atoms with van der Waals surface area (Å²) in [5.74, 6) is 1.05. The second kappa shape index (κ2) is 2.57. The van der Waals surface area contributed by atoms with Gasteiger partial charge in [0.05, 0.1) is 5.27 Å². The summed E-state index contributed by atoms with van der Waals surface area (Å²) in [7, 11) is 0. The Labute approximate surface area is 53.2 Å². The van der Waals surface area contributed by atoms with Crippen molar-refractivity contribution in [3.63, 3.8) is 0 Å². The third kappa shape index (κ3) is 1.25. The van der Waals surface area contributed by atoms with Gasteiger partial charge in [-0.3, -0.25) is 0 Å². The Morgan fingerprint density at radius 2 is 2.44 bits per heavy atom. The van der Waals surface area contributed by atoms with Crippen molar-refractivity contribution in [1.29, 1.82) is 0 Å². The third-order valence-electron chi connectivity index (χ3n) is 1.37. The third-order valence-corrected chi connectivity index (χ3v) is 1.37. The molecule has 1 aromatic rings. The van der Waals surface area contributed by atoms with Crippen LogP contribution in [-0.4, -0.2) is 15.5 Å². The van der Waals surface area contributed by atoms with Gasteiger partial charge in [-0.15, -0.1) is 0 Å². The molecular formula is C5H9N3O. The molecule has 0 aliphatic rings. The second-order valence-electron chi connectivity index (χ2n) is 2.02. The van der Waals surface area contributed by atoms with Gasteiger partial charge in [-0.1, -0.05) is 18.9 Å². The molecule has 1 aromatic heterocycles. The maximum Gasteiger partial charge on any atom is 0.199 e. The van der Waals surface area contributed by atoms with Crippen LogP contribution in [-0.2, 0) is 0 Å². The van der Waals surface area contributed by atoms with Crippen LogP contribution in [0.15, 0.2) is 4.63 Å². The quantitative estimate of drug-likeness (QED) is 0.594. The summed E-state index contributed by atoms with van der Waals surface area (Å²) in [4.78, 5) is 0. The molecule has 0 aliphatic carbocycles. The summed E-state index contributed by atoms with van der Waals surface area (Å²) in [5.41, 5.74) is 0. The number of rotatable bonds is 2. The van der Waals surface area contributed by atoms with E-state index in [1.165, 1.54) is 0 Å². The molecule has 0 spiro atoms. The van der Waals surface area contributed by atoms with Crippen molar-refractivity contribution in [3.05, 3.63) is 5.82 Å². The van der Waals surface area contributed by atoms with Gasteiger partial charge in [0.15, 0.2) is 5.82 Å². The van der Waals surface area contributed by atoms with Crippen LogP contribution >= 0.6 is 0 Å². The van der Waals surface area contributed by atoms with Gasteiger partial charge in [-0.25, -0.2) is 4.63 Å². The number of nitrogens with zero attached hydrogens (tertiary/aromatic N) is 3. The van der Waals surface area contributed by atoms with E-state index in [1.54, 1.807) is 0 Å². The zero-order chi connectivity index (χ0) is 6.69. The molecule has 0 aliphatic heterocycles. The van der Waals surface area contributed by atoms with Crippen molar-refractivity contribution >= 4 is 0 Å². The lowest BCUT2D eigenvalue weighted by molar-refractivity contribution is 0.289. The molecule has 4 heteroatoms. The van der Waals surface area contributed by atoms with E-state index in [-0.39, 0.29) is 0 Å². The predicted octanol–water partition coefficient (Wildman–Crippen LogP) is 0.978. The summed E-state index contributed by atoms with van der Waals surface area (Å²) >= 11 is 0. The molecule has 1 rings (SSSR count). The Balaban J connectivity index is 2.65. The summed E-state index contributed by atoms with van der Waals surface area (Å²) in [6.07, 6.45) is 1.02. The molecule has 1 unspecified atom stereocenters. The molecule has 0 bridgehead atoms. The van der Waals surface area contributed by atoms with Crippen LogP contribution < -0.4 is 0 Å². The van der Waals surface area contributed by atoms with Gasteiger partial charge in [0.25, 0.3) is 0 Å². The molecule has 0 saturated heterocycles. The van der Waals surface area contributed by atoms with Crippen LogP contribution in [0.1, 0.15) is 32.0 Å². The normalized spacial score (nSPS) is 13.6. The van der Waals surface area contributed by atoms with E-state index < -0.39 is 0 Å². The van der Waals surface area contributed by atoms with Crippen LogP contribution in [0.5, 0.6) is 0 Å². The topological polar surface area (TPSA) is 51.8 Å². The van der Waals surface area contributed by atoms with Gasteiger partial charge in [0.2, 0.25) is 0 Å². The highest BCUT2D eigenvalue weighted by Crippen LogP contribution is 2.11. The average molecular weight is 127 g/mol. The van der Waals surface area contributed by atoms with E-state index >= 15 is 0 Å². The first-order valence-electron chi connectivity index (χ1n) is 2.99. The lowest BCUT2D eigenvalue weighted by atomic mass is 10.1. The Morgan fingerprint density at radius 3 is 2.89 bits per heavy atom. The maximum absolute atomic E-state index is 4.33. The zero-order valence-corrected chi connectivity index (χ0v) is 5.53. The van der Waals surface area contributed by atoms with Gasteiger partial charge in [-0.2, -0.15) is 0 Å². The van der Waals surface area contributed by atoms with Gasteiger partial charge in [0.1, 0.15) is 0 Å². The SMILES string of the molecule is CCC(C)c1nnon1. The van der Waals surface area contributed by atoms with Crippen LogP contribution in [0, 0.1) is 0 Å². The van der Waals surface area contributed by atoms with Crippen LogP contribution in [0.2, 0.25) is 0 Å². The Kier molecular flexibility index (Phi) is 1.77. The van der Waals surface area contributed by atoms with E-state index in [4.69, 9.17) is 0 Å². The Bertz CT molecular complexity index is 161. The van der Waals surface area contributed by atoms with Crippen molar-refractivity contribution in [2.45, 2.75) is 26.2 Å². The first kappa shape index (κ1) is 6.19. The summed E-state index contributed by atoms with van der Waals surface area (Å²) in [5, 5.41) is 10.5. The smallest absolute Gasteiger partial charge is 0.199 e. The minimum Gasteiger partial charge on any atom is -0.222 e. The van der Waals surface area contributed by atoms with Crippen molar-refractivity contribution in [1.82, 2.24) is 15.5 Å². The van der Waals surface area contributed by atoms with E-state index in [0.717, 1.165) is 6.42 Å². The van der Waals surface area contributed by atoms with Crippen LogP contribution in [0.4, 0.5) is 0 Å². The van der Waals surface area contributed by atoms with E-state index in [1.807, 2.05) is 6.92 Å². The Morgan fingerprint density at radius 1 is 1.67 bits per heavy atom. The molecule has 0 radical (unpaired) electrons. The summed E-state index contributed by atoms with van der Waals surface area (Å²) in [6, 6.07) is 0. The fourth-order valence-electron chi connectivity index (χ4n) is 0.510. The summed E-state index contributed by atoms with van der Waals surface area (Å²) < 4.78 is 4.33. The monoisotopic (exact) mass is 127 g/mol. The minimum atomic E-state index is 0.358. The number of hydrogen-bond acceptors (Lipinski definition) is 4. The van der Waals surface area contributed by atoms with Crippen LogP contribution in [0.25, 0.3) is 0 Å².